The zero-order valence-electron chi connectivity index (χ0n) is 11.4. The second-order valence-corrected chi connectivity index (χ2v) is 4.18. The summed E-state index contributed by atoms with van der Waals surface area (Å²) < 4.78 is 9.50. The molecule has 0 atom stereocenters. The van der Waals surface area contributed by atoms with Crippen LogP contribution in [0.25, 0.3) is 12.2 Å². The lowest BCUT2D eigenvalue weighted by molar-refractivity contribution is -0.386. The van der Waals surface area contributed by atoms with Crippen LogP contribution in [0, 0.1) is 17.0 Å². The Labute approximate surface area is 120 Å². The van der Waals surface area contributed by atoms with Gasteiger partial charge in [0.15, 0.2) is 5.69 Å². The van der Waals surface area contributed by atoms with E-state index >= 15 is 0 Å². The SMILES string of the molecule is COC(=O)c1ccc(/C=C\c2onc(C)c2[N+](=O)[O-])cc1. The number of benzene rings is 1. The number of carbonyl (C=O) groups is 1. The maximum absolute atomic E-state index is 11.3. The highest BCUT2D eigenvalue weighted by Crippen LogP contribution is 2.24. The third-order valence-corrected chi connectivity index (χ3v) is 2.80. The van der Waals surface area contributed by atoms with Crippen LogP contribution in [0.5, 0.6) is 0 Å². The van der Waals surface area contributed by atoms with Crippen molar-refractivity contribution in [2.45, 2.75) is 6.92 Å². The fourth-order valence-corrected chi connectivity index (χ4v) is 1.73. The van der Waals surface area contributed by atoms with Gasteiger partial charge in [0.2, 0.25) is 5.76 Å². The Balaban J connectivity index is 2.22. The normalized spacial score (nSPS) is 10.8. The van der Waals surface area contributed by atoms with Crippen LogP contribution in [-0.4, -0.2) is 23.2 Å². The van der Waals surface area contributed by atoms with E-state index in [0.717, 1.165) is 5.56 Å². The zero-order chi connectivity index (χ0) is 15.4. The van der Waals surface area contributed by atoms with Gasteiger partial charge in [0, 0.05) is 0 Å². The maximum atomic E-state index is 11.3. The number of esters is 1. The Morgan fingerprint density at radius 2 is 2.00 bits per heavy atom. The molecule has 2 rings (SSSR count). The third-order valence-electron chi connectivity index (χ3n) is 2.80. The molecule has 2 aromatic rings. The van der Waals surface area contributed by atoms with Crippen molar-refractivity contribution in [2.24, 2.45) is 0 Å². The van der Waals surface area contributed by atoms with Gasteiger partial charge >= 0.3 is 11.7 Å². The standard InChI is InChI=1S/C14H12N2O5/c1-9-13(16(18)19)12(21-15-9)8-5-10-3-6-11(7-4-10)14(17)20-2/h3-8H,1-2H3/b8-5-. The van der Waals surface area contributed by atoms with E-state index in [-0.39, 0.29) is 17.1 Å². The minimum Gasteiger partial charge on any atom is -0.465 e. The molecule has 0 saturated heterocycles. The van der Waals surface area contributed by atoms with E-state index in [4.69, 9.17) is 4.52 Å². The molecule has 1 aromatic carbocycles. The average Bonchev–Trinajstić information content (AvgIpc) is 2.86. The second kappa shape index (κ2) is 6.00. The highest BCUT2D eigenvalue weighted by Gasteiger charge is 2.21. The van der Waals surface area contributed by atoms with Crippen molar-refractivity contribution in [1.82, 2.24) is 5.16 Å². The highest BCUT2D eigenvalue weighted by atomic mass is 16.6. The predicted octanol–water partition coefficient (Wildman–Crippen LogP) is 2.85. The van der Waals surface area contributed by atoms with Crippen molar-refractivity contribution in [1.29, 1.82) is 0 Å². The second-order valence-electron chi connectivity index (χ2n) is 4.18. The van der Waals surface area contributed by atoms with Gasteiger partial charge in [-0.3, -0.25) is 10.1 Å². The molecule has 1 aromatic heterocycles. The molecule has 7 nitrogen and oxygen atoms in total. The van der Waals surface area contributed by atoms with E-state index in [1.54, 1.807) is 30.3 Å². The number of ether oxygens (including phenoxy) is 1. The van der Waals surface area contributed by atoms with Crippen LogP contribution in [0.15, 0.2) is 28.8 Å². The van der Waals surface area contributed by atoms with Crippen molar-refractivity contribution < 1.29 is 19.0 Å². The number of nitrogens with zero attached hydrogens (tertiary/aromatic N) is 2. The quantitative estimate of drug-likeness (QED) is 0.487. The summed E-state index contributed by atoms with van der Waals surface area (Å²) in [7, 11) is 1.31. The van der Waals surface area contributed by atoms with E-state index in [9.17, 15) is 14.9 Å². The molecule has 0 spiro atoms. The monoisotopic (exact) mass is 288 g/mol. The summed E-state index contributed by atoms with van der Waals surface area (Å²) >= 11 is 0. The first-order chi connectivity index (χ1) is 10.0. The molecule has 0 amide bonds. The molecule has 1 heterocycles. The molecule has 21 heavy (non-hydrogen) atoms. The number of nitro groups is 1. The molecule has 0 fully saturated rings. The van der Waals surface area contributed by atoms with Gasteiger partial charge in [-0.15, -0.1) is 0 Å². The van der Waals surface area contributed by atoms with E-state index in [1.165, 1.54) is 20.1 Å². The molecule has 108 valence electrons. The molecule has 0 aliphatic carbocycles. The number of hydrogen-bond donors (Lipinski definition) is 0. The van der Waals surface area contributed by atoms with Gasteiger partial charge in [-0.2, -0.15) is 0 Å². The Bertz CT molecular complexity index is 701. The molecule has 0 saturated carbocycles. The van der Waals surface area contributed by atoms with Crippen LogP contribution in [0.3, 0.4) is 0 Å². The van der Waals surface area contributed by atoms with Crippen LogP contribution in [-0.2, 0) is 4.74 Å². The summed E-state index contributed by atoms with van der Waals surface area (Å²) in [5, 5.41) is 14.5. The van der Waals surface area contributed by atoms with Crippen molar-refractivity contribution in [3.8, 4) is 0 Å². The first-order valence-electron chi connectivity index (χ1n) is 6.00. The predicted molar refractivity (Wildman–Crippen MR) is 74.6 cm³/mol. The molecule has 0 unspecified atom stereocenters. The van der Waals surface area contributed by atoms with Gasteiger partial charge < -0.3 is 9.26 Å². The van der Waals surface area contributed by atoms with Crippen molar-refractivity contribution >= 4 is 23.8 Å². The number of methoxy groups -OCH3 is 1. The fraction of sp³-hybridized carbons (Fsp3) is 0.143. The van der Waals surface area contributed by atoms with E-state index in [2.05, 4.69) is 9.89 Å². The first-order valence-corrected chi connectivity index (χ1v) is 6.00. The summed E-state index contributed by atoms with van der Waals surface area (Å²) in [6.45, 7) is 1.50. The minimum absolute atomic E-state index is 0.0783. The van der Waals surface area contributed by atoms with Gasteiger partial charge in [-0.1, -0.05) is 23.4 Å². The van der Waals surface area contributed by atoms with Gasteiger partial charge in [0.25, 0.3) is 0 Å². The van der Waals surface area contributed by atoms with Crippen molar-refractivity contribution in [3.05, 3.63) is 57.0 Å². The largest absolute Gasteiger partial charge is 0.465 e. The lowest BCUT2D eigenvalue weighted by Gasteiger charge is -1.98. The Hall–Kier alpha value is -2.96. The van der Waals surface area contributed by atoms with Crippen LogP contribution >= 0.6 is 0 Å². The molecule has 0 radical (unpaired) electrons. The summed E-state index contributed by atoms with van der Waals surface area (Å²) in [5.74, 6) is -0.346. The molecular weight excluding hydrogens is 276 g/mol. The zero-order valence-corrected chi connectivity index (χ0v) is 11.4. The lowest BCUT2D eigenvalue weighted by Crippen LogP contribution is -2.00. The highest BCUT2D eigenvalue weighted by molar-refractivity contribution is 5.89. The summed E-state index contributed by atoms with van der Waals surface area (Å²) in [5.41, 5.74) is 1.25. The number of aryl methyl sites for hydroxylation is 1. The minimum atomic E-state index is -0.536. The van der Waals surface area contributed by atoms with Crippen LogP contribution in [0.2, 0.25) is 0 Å². The van der Waals surface area contributed by atoms with E-state index in [0.29, 0.717) is 5.56 Å². The van der Waals surface area contributed by atoms with E-state index < -0.39 is 10.9 Å². The number of rotatable bonds is 4. The number of aromatic nitrogens is 1. The molecule has 0 aliphatic rings. The summed E-state index contributed by atoms with van der Waals surface area (Å²) in [6, 6.07) is 6.59. The third kappa shape index (κ3) is 3.14. The van der Waals surface area contributed by atoms with Gasteiger partial charge in [-0.05, 0) is 30.7 Å². The van der Waals surface area contributed by atoms with Crippen LogP contribution in [0.1, 0.15) is 27.4 Å². The van der Waals surface area contributed by atoms with Gasteiger partial charge in [-0.25, -0.2) is 4.79 Å². The Morgan fingerprint density at radius 3 is 2.57 bits per heavy atom. The van der Waals surface area contributed by atoms with Gasteiger partial charge in [0.05, 0.1) is 17.6 Å². The smallest absolute Gasteiger partial charge is 0.338 e. The molecule has 0 N–H and O–H groups in total. The molecule has 7 heteroatoms. The number of hydrogen-bond acceptors (Lipinski definition) is 6. The fourth-order valence-electron chi connectivity index (χ4n) is 1.73. The van der Waals surface area contributed by atoms with Crippen LogP contribution in [0.4, 0.5) is 5.69 Å². The Kier molecular flexibility index (Phi) is 4.13. The van der Waals surface area contributed by atoms with Crippen molar-refractivity contribution in [3.63, 3.8) is 0 Å². The molecule has 0 aliphatic heterocycles. The first kappa shape index (κ1) is 14.4. The van der Waals surface area contributed by atoms with Crippen LogP contribution < -0.4 is 0 Å². The maximum Gasteiger partial charge on any atom is 0.338 e. The van der Waals surface area contributed by atoms with Crippen molar-refractivity contribution in [2.75, 3.05) is 7.11 Å². The number of carbonyl (C=O) groups excluding carboxylic acids is 1. The lowest BCUT2D eigenvalue weighted by atomic mass is 10.1. The Morgan fingerprint density at radius 1 is 1.33 bits per heavy atom. The summed E-state index contributed by atoms with van der Waals surface area (Å²) in [6.07, 6.45) is 3.10. The van der Waals surface area contributed by atoms with Gasteiger partial charge in [0.1, 0.15) is 0 Å². The molecule has 0 bridgehead atoms. The molecular formula is C14H12N2O5. The summed E-state index contributed by atoms with van der Waals surface area (Å²) in [4.78, 5) is 21.6. The topological polar surface area (TPSA) is 95.5 Å². The van der Waals surface area contributed by atoms with E-state index in [1.807, 2.05) is 0 Å². The average molecular weight is 288 g/mol.